The number of halogens is 1. The van der Waals surface area contributed by atoms with Crippen LogP contribution in [0.15, 0.2) is 36.5 Å². The van der Waals surface area contributed by atoms with Gasteiger partial charge in [0.05, 0.1) is 23.3 Å². The van der Waals surface area contributed by atoms with Gasteiger partial charge in [0.2, 0.25) is 0 Å². The number of aromatic nitrogens is 1. The largest absolute Gasteiger partial charge is 0.503 e. The van der Waals surface area contributed by atoms with Crippen LogP contribution in [0, 0.1) is 6.07 Å². The van der Waals surface area contributed by atoms with Crippen LogP contribution in [0.25, 0.3) is 22.0 Å². The van der Waals surface area contributed by atoms with E-state index < -0.39 is 0 Å². The molecule has 0 atom stereocenters. The molecule has 4 rings (SSSR count). The van der Waals surface area contributed by atoms with Crippen molar-refractivity contribution in [3.63, 3.8) is 0 Å². The van der Waals surface area contributed by atoms with Crippen LogP contribution in [-0.2, 0) is 0 Å². The summed E-state index contributed by atoms with van der Waals surface area (Å²) in [6, 6.07) is 14.0. The lowest BCUT2D eigenvalue weighted by atomic mass is 9.90. The molecule has 1 saturated carbocycles. The van der Waals surface area contributed by atoms with E-state index in [0.717, 1.165) is 40.6 Å². The van der Waals surface area contributed by atoms with Gasteiger partial charge in [0.15, 0.2) is 11.5 Å². The Kier molecular flexibility index (Phi) is 6.02. The average molecular weight is 425 g/mol. The highest BCUT2D eigenvalue weighted by atomic mass is 35.5. The summed E-state index contributed by atoms with van der Waals surface area (Å²) in [5, 5.41) is 15.0. The van der Waals surface area contributed by atoms with Gasteiger partial charge in [0.25, 0.3) is 0 Å². The number of aromatic hydroxyl groups is 1. The van der Waals surface area contributed by atoms with E-state index in [0.29, 0.717) is 17.8 Å². The highest BCUT2D eigenvalue weighted by molar-refractivity contribution is 6.32. The van der Waals surface area contributed by atoms with Crippen LogP contribution >= 0.6 is 11.6 Å². The van der Waals surface area contributed by atoms with Crippen LogP contribution in [0.1, 0.15) is 25.7 Å². The summed E-state index contributed by atoms with van der Waals surface area (Å²) in [7, 11) is 5.84. The Morgan fingerprint density at radius 3 is 2.60 bits per heavy atom. The van der Waals surface area contributed by atoms with Gasteiger partial charge in [-0.3, -0.25) is 4.98 Å². The van der Waals surface area contributed by atoms with Gasteiger partial charge in [-0.2, -0.15) is 0 Å². The number of benzene rings is 2. The molecule has 157 valence electrons. The van der Waals surface area contributed by atoms with Crippen molar-refractivity contribution in [3.05, 3.63) is 47.6 Å². The van der Waals surface area contributed by atoms with Crippen LogP contribution in [0.2, 0.25) is 5.02 Å². The van der Waals surface area contributed by atoms with Crippen molar-refractivity contribution in [2.24, 2.45) is 0 Å². The first-order valence-corrected chi connectivity index (χ1v) is 10.6. The molecule has 0 saturated heterocycles. The molecule has 3 aromatic rings. The minimum atomic E-state index is -0.0469. The molecule has 0 unspecified atom stereocenters. The van der Waals surface area contributed by atoms with Crippen LogP contribution in [0.3, 0.4) is 0 Å². The zero-order valence-electron chi connectivity index (χ0n) is 17.6. The second-order valence-electron chi connectivity index (χ2n) is 8.13. The van der Waals surface area contributed by atoms with Crippen molar-refractivity contribution >= 4 is 28.2 Å². The van der Waals surface area contributed by atoms with Crippen molar-refractivity contribution in [3.8, 4) is 22.6 Å². The van der Waals surface area contributed by atoms with E-state index in [1.165, 1.54) is 20.0 Å². The molecule has 1 fully saturated rings. The fourth-order valence-electron chi connectivity index (χ4n) is 4.23. The number of rotatable bonds is 5. The smallest absolute Gasteiger partial charge is 0.176 e. The van der Waals surface area contributed by atoms with Gasteiger partial charge in [-0.1, -0.05) is 17.7 Å². The molecule has 2 N–H and O–H groups in total. The van der Waals surface area contributed by atoms with E-state index in [-0.39, 0.29) is 10.8 Å². The fourth-order valence-corrected chi connectivity index (χ4v) is 4.44. The third kappa shape index (κ3) is 4.18. The number of hydrogen-bond donors (Lipinski definition) is 2. The number of methoxy groups -OCH3 is 1. The number of pyridine rings is 1. The predicted octanol–water partition coefficient (Wildman–Crippen LogP) is 5.35. The summed E-state index contributed by atoms with van der Waals surface area (Å²) in [4.78, 5) is 6.80. The summed E-state index contributed by atoms with van der Waals surface area (Å²) in [5.74, 6) is 0.306. The molecule has 0 aliphatic heterocycles. The SMILES string of the molecule is COc1cc(-c2ccc3nc[c]c(N[C@H]4CC[C@H](N(C)C)CC4)c3c2)cc(Cl)c1O. The van der Waals surface area contributed by atoms with Crippen LogP contribution in [-0.4, -0.2) is 48.3 Å². The van der Waals surface area contributed by atoms with Gasteiger partial charge in [0.1, 0.15) is 0 Å². The number of nitrogens with zero attached hydrogens (tertiary/aromatic N) is 2. The number of fused-ring (bicyclic) bond motifs is 1. The van der Waals surface area contributed by atoms with Gasteiger partial charge in [-0.15, -0.1) is 0 Å². The van der Waals surface area contributed by atoms with E-state index in [2.05, 4.69) is 41.4 Å². The van der Waals surface area contributed by atoms with E-state index >= 15 is 0 Å². The zero-order valence-corrected chi connectivity index (χ0v) is 18.3. The molecule has 6 heteroatoms. The molecule has 0 spiro atoms. The summed E-state index contributed by atoms with van der Waals surface area (Å²) in [6.07, 6.45) is 6.42. The van der Waals surface area contributed by atoms with Crippen LogP contribution in [0.5, 0.6) is 11.5 Å². The van der Waals surface area contributed by atoms with Crippen molar-refractivity contribution in [1.82, 2.24) is 9.88 Å². The topological polar surface area (TPSA) is 57.6 Å². The molecule has 1 aliphatic rings. The molecular formula is C24H27ClN3O2. The molecule has 30 heavy (non-hydrogen) atoms. The van der Waals surface area contributed by atoms with E-state index in [9.17, 15) is 5.11 Å². The number of nitrogens with one attached hydrogen (secondary N) is 1. The predicted molar refractivity (Wildman–Crippen MR) is 123 cm³/mol. The number of phenols is 1. The quantitative estimate of drug-likeness (QED) is 0.577. The van der Waals surface area contributed by atoms with Gasteiger partial charge >= 0.3 is 0 Å². The maximum Gasteiger partial charge on any atom is 0.176 e. The van der Waals surface area contributed by atoms with Crippen molar-refractivity contribution < 1.29 is 9.84 Å². The Bertz CT molecular complexity index is 1050. The molecular weight excluding hydrogens is 398 g/mol. The van der Waals surface area contributed by atoms with Crippen molar-refractivity contribution in [2.45, 2.75) is 37.8 Å². The van der Waals surface area contributed by atoms with E-state index in [4.69, 9.17) is 16.3 Å². The second kappa shape index (κ2) is 8.70. The summed E-state index contributed by atoms with van der Waals surface area (Å²) >= 11 is 6.20. The minimum absolute atomic E-state index is 0.0469. The maximum atomic E-state index is 10.0. The molecule has 1 aliphatic carbocycles. The van der Waals surface area contributed by atoms with Gasteiger partial charge in [-0.25, -0.2) is 0 Å². The first kappa shape index (κ1) is 20.8. The third-order valence-corrected chi connectivity index (χ3v) is 6.32. The summed E-state index contributed by atoms with van der Waals surface area (Å²) in [6.45, 7) is 0. The standard InChI is InChI=1S/C24H27ClN3O2/c1-28(2)18-7-5-17(6-8-18)27-22-10-11-26-21-9-4-15(12-19(21)22)16-13-20(25)24(29)23(14-16)30-3/h4,9,11-14,17-18,29H,5-8H2,1-3H3,(H,26,27)/t17-,18-. The lowest BCUT2D eigenvalue weighted by Crippen LogP contribution is -2.36. The van der Waals surface area contributed by atoms with E-state index in [1.807, 2.05) is 12.1 Å². The van der Waals surface area contributed by atoms with Crippen molar-refractivity contribution in [1.29, 1.82) is 0 Å². The second-order valence-corrected chi connectivity index (χ2v) is 8.54. The Morgan fingerprint density at radius 2 is 1.90 bits per heavy atom. The van der Waals surface area contributed by atoms with Crippen LogP contribution < -0.4 is 10.1 Å². The first-order valence-electron chi connectivity index (χ1n) is 10.3. The zero-order chi connectivity index (χ0) is 21.3. The highest BCUT2D eigenvalue weighted by Gasteiger charge is 2.22. The molecule has 0 bridgehead atoms. The highest BCUT2D eigenvalue weighted by Crippen LogP contribution is 2.39. The first-order chi connectivity index (χ1) is 14.5. The van der Waals surface area contributed by atoms with Crippen molar-refractivity contribution in [2.75, 3.05) is 26.5 Å². The Balaban J connectivity index is 1.64. The molecule has 2 aromatic carbocycles. The number of hydrogen-bond acceptors (Lipinski definition) is 5. The molecule has 1 heterocycles. The van der Waals surface area contributed by atoms with E-state index in [1.54, 1.807) is 18.3 Å². The normalized spacial score (nSPS) is 19.2. The average Bonchev–Trinajstić information content (AvgIpc) is 2.76. The van der Waals surface area contributed by atoms with Crippen LogP contribution in [0.4, 0.5) is 5.69 Å². The molecule has 1 radical (unpaired) electrons. The number of anilines is 1. The lowest BCUT2D eigenvalue weighted by Gasteiger charge is -2.33. The fraction of sp³-hybridized carbons (Fsp3) is 0.375. The lowest BCUT2D eigenvalue weighted by molar-refractivity contribution is 0.221. The summed E-state index contributed by atoms with van der Waals surface area (Å²) < 4.78 is 5.26. The number of phenolic OH excluding ortho intramolecular Hbond substituents is 1. The Labute approximate surface area is 182 Å². The van der Waals surface area contributed by atoms with Gasteiger partial charge in [-0.05, 0) is 75.2 Å². The summed E-state index contributed by atoms with van der Waals surface area (Å²) in [5.41, 5.74) is 3.74. The Hall–Kier alpha value is -2.50. The molecule has 5 nitrogen and oxygen atoms in total. The van der Waals surface area contributed by atoms with Gasteiger partial charge in [0, 0.05) is 29.7 Å². The van der Waals surface area contributed by atoms with Gasteiger partial charge < -0.3 is 20.1 Å². The minimum Gasteiger partial charge on any atom is -0.503 e. The maximum absolute atomic E-state index is 10.0. The Morgan fingerprint density at radius 1 is 1.13 bits per heavy atom. The monoisotopic (exact) mass is 424 g/mol. The third-order valence-electron chi connectivity index (χ3n) is 6.04. The number of ether oxygens (including phenoxy) is 1. The molecule has 0 amide bonds. The molecule has 1 aromatic heterocycles.